The largest absolute Gasteiger partial charge is 0.467 e. The minimum absolute atomic E-state index is 0. The minimum Gasteiger partial charge on any atom is -0.467 e. The summed E-state index contributed by atoms with van der Waals surface area (Å²) in [6.45, 7) is 4.04. The molecule has 0 bridgehead atoms. The van der Waals surface area contributed by atoms with E-state index in [9.17, 15) is 0 Å². The molecule has 1 aromatic rings. The van der Waals surface area contributed by atoms with Gasteiger partial charge in [-0.2, -0.15) is 0 Å². The van der Waals surface area contributed by atoms with Crippen molar-refractivity contribution in [1.82, 2.24) is 0 Å². The lowest BCUT2D eigenvalue weighted by molar-refractivity contribution is 0.460. The molecule has 1 atom stereocenters. The summed E-state index contributed by atoms with van der Waals surface area (Å²) in [6, 6.07) is 2.04. The summed E-state index contributed by atoms with van der Waals surface area (Å²) in [5.74, 6) is 0.889. The first-order valence-electron chi connectivity index (χ1n) is 3.54. The van der Waals surface area contributed by atoms with Crippen molar-refractivity contribution in [1.29, 1.82) is 0 Å². The summed E-state index contributed by atoms with van der Waals surface area (Å²) in [4.78, 5) is 0. The monoisotopic (exact) mass is 155 g/mol. The SMILES string of the molecule is C.CC[C@@H](N)c1cc(C)co1. The minimum atomic E-state index is 0. The Labute approximate surface area is 68.4 Å². The number of rotatable bonds is 2. The van der Waals surface area contributed by atoms with Gasteiger partial charge in [-0.05, 0) is 25.0 Å². The lowest BCUT2D eigenvalue weighted by Gasteiger charge is -2.01. The molecule has 0 aliphatic heterocycles. The summed E-state index contributed by atoms with van der Waals surface area (Å²) in [7, 11) is 0. The van der Waals surface area contributed by atoms with Crippen molar-refractivity contribution in [3.8, 4) is 0 Å². The van der Waals surface area contributed by atoms with Crippen LogP contribution in [-0.2, 0) is 0 Å². The van der Waals surface area contributed by atoms with E-state index >= 15 is 0 Å². The van der Waals surface area contributed by atoms with E-state index < -0.39 is 0 Å². The van der Waals surface area contributed by atoms with Gasteiger partial charge >= 0.3 is 0 Å². The fourth-order valence-corrected chi connectivity index (χ4v) is 0.849. The topological polar surface area (TPSA) is 39.2 Å². The highest BCUT2D eigenvalue weighted by Crippen LogP contribution is 2.15. The van der Waals surface area contributed by atoms with E-state index in [4.69, 9.17) is 10.2 Å². The quantitative estimate of drug-likeness (QED) is 0.713. The molecule has 0 unspecified atom stereocenters. The van der Waals surface area contributed by atoms with Crippen LogP contribution in [0.2, 0.25) is 0 Å². The number of aryl methyl sites for hydroxylation is 1. The van der Waals surface area contributed by atoms with Gasteiger partial charge in [0.2, 0.25) is 0 Å². The van der Waals surface area contributed by atoms with Gasteiger partial charge in [0, 0.05) is 0 Å². The van der Waals surface area contributed by atoms with Crippen molar-refractivity contribution in [2.75, 3.05) is 0 Å². The molecule has 1 heterocycles. The molecule has 11 heavy (non-hydrogen) atoms. The molecular weight excluding hydrogens is 138 g/mol. The average molecular weight is 155 g/mol. The number of hydrogen-bond acceptors (Lipinski definition) is 2. The Morgan fingerprint density at radius 1 is 1.64 bits per heavy atom. The second kappa shape index (κ2) is 4.19. The Kier molecular flexibility index (Phi) is 3.90. The van der Waals surface area contributed by atoms with Crippen molar-refractivity contribution in [3.05, 3.63) is 23.7 Å². The van der Waals surface area contributed by atoms with Crippen molar-refractivity contribution in [3.63, 3.8) is 0 Å². The van der Waals surface area contributed by atoms with Crippen LogP contribution < -0.4 is 5.73 Å². The highest BCUT2D eigenvalue weighted by molar-refractivity contribution is 5.12. The van der Waals surface area contributed by atoms with E-state index in [0.29, 0.717) is 0 Å². The molecule has 0 amide bonds. The summed E-state index contributed by atoms with van der Waals surface area (Å²) in [5, 5.41) is 0. The molecule has 0 aromatic carbocycles. The Bertz CT molecular complexity index is 205. The third kappa shape index (κ3) is 2.39. The molecule has 2 nitrogen and oxygen atoms in total. The summed E-state index contributed by atoms with van der Waals surface area (Å²) < 4.78 is 5.19. The third-order valence-electron chi connectivity index (χ3n) is 1.56. The van der Waals surface area contributed by atoms with E-state index in [1.807, 2.05) is 19.9 Å². The molecule has 0 aliphatic rings. The smallest absolute Gasteiger partial charge is 0.120 e. The van der Waals surface area contributed by atoms with Crippen LogP contribution in [-0.4, -0.2) is 0 Å². The molecule has 0 aliphatic carbocycles. The lowest BCUT2D eigenvalue weighted by Crippen LogP contribution is -2.06. The zero-order valence-corrected chi connectivity index (χ0v) is 6.42. The van der Waals surface area contributed by atoms with Gasteiger partial charge in [-0.25, -0.2) is 0 Å². The van der Waals surface area contributed by atoms with Crippen LogP contribution in [0.4, 0.5) is 0 Å². The first-order valence-corrected chi connectivity index (χ1v) is 3.54. The summed E-state index contributed by atoms with van der Waals surface area (Å²) >= 11 is 0. The highest BCUT2D eigenvalue weighted by atomic mass is 16.3. The molecule has 2 N–H and O–H groups in total. The Morgan fingerprint density at radius 3 is 2.64 bits per heavy atom. The maximum Gasteiger partial charge on any atom is 0.120 e. The van der Waals surface area contributed by atoms with Gasteiger partial charge in [-0.15, -0.1) is 0 Å². The Hall–Kier alpha value is -0.760. The van der Waals surface area contributed by atoms with E-state index in [1.165, 1.54) is 0 Å². The predicted molar refractivity (Wildman–Crippen MR) is 47.4 cm³/mol. The molecule has 0 saturated heterocycles. The van der Waals surface area contributed by atoms with Crippen LogP contribution in [0, 0.1) is 6.92 Å². The van der Waals surface area contributed by atoms with Crippen molar-refractivity contribution >= 4 is 0 Å². The maximum absolute atomic E-state index is 5.71. The van der Waals surface area contributed by atoms with Crippen molar-refractivity contribution in [2.24, 2.45) is 5.73 Å². The fourth-order valence-electron chi connectivity index (χ4n) is 0.849. The lowest BCUT2D eigenvalue weighted by atomic mass is 10.2. The number of furan rings is 1. The first kappa shape index (κ1) is 10.2. The zero-order valence-electron chi connectivity index (χ0n) is 6.42. The second-order valence-electron chi connectivity index (χ2n) is 2.54. The van der Waals surface area contributed by atoms with Gasteiger partial charge in [0.15, 0.2) is 0 Å². The predicted octanol–water partition coefficient (Wildman–Crippen LogP) is 2.63. The summed E-state index contributed by atoms with van der Waals surface area (Å²) in [6.07, 6.45) is 2.65. The van der Waals surface area contributed by atoms with Crippen LogP contribution >= 0.6 is 0 Å². The van der Waals surface area contributed by atoms with Crippen LogP contribution in [0.3, 0.4) is 0 Å². The standard InChI is InChI=1S/C8H13NO.CH4/c1-3-7(9)8-4-6(2)5-10-8;/h4-5,7H,3,9H2,1-2H3;1H4/t7-;/m1./s1. The van der Waals surface area contributed by atoms with Gasteiger partial charge < -0.3 is 10.2 Å². The number of hydrogen-bond donors (Lipinski definition) is 1. The van der Waals surface area contributed by atoms with Crippen molar-refractivity contribution in [2.45, 2.75) is 33.7 Å². The molecular formula is C9H17NO. The number of nitrogens with two attached hydrogens (primary N) is 1. The van der Waals surface area contributed by atoms with Crippen LogP contribution in [0.5, 0.6) is 0 Å². The van der Waals surface area contributed by atoms with Crippen LogP contribution in [0.1, 0.15) is 38.1 Å². The van der Waals surface area contributed by atoms with Crippen LogP contribution in [0.25, 0.3) is 0 Å². The molecule has 0 radical (unpaired) electrons. The average Bonchev–Trinajstić information content (AvgIpc) is 2.34. The van der Waals surface area contributed by atoms with Gasteiger partial charge in [-0.3, -0.25) is 0 Å². The van der Waals surface area contributed by atoms with Gasteiger partial charge in [0.1, 0.15) is 5.76 Å². The molecule has 64 valence electrons. The third-order valence-corrected chi connectivity index (χ3v) is 1.56. The molecule has 1 aromatic heterocycles. The normalized spacial score (nSPS) is 12.3. The van der Waals surface area contributed by atoms with E-state index in [2.05, 4.69) is 0 Å². The summed E-state index contributed by atoms with van der Waals surface area (Å²) in [5.41, 5.74) is 6.85. The first-order chi connectivity index (χ1) is 4.74. The molecule has 0 fully saturated rings. The fraction of sp³-hybridized carbons (Fsp3) is 0.556. The Morgan fingerprint density at radius 2 is 2.27 bits per heavy atom. The van der Waals surface area contributed by atoms with E-state index in [1.54, 1.807) is 6.26 Å². The van der Waals surface area contributed by atoms with E-state index in [0.717, 1.165) is 17.7 Å². The zero-order chi connectivity index (χ0) is 7.56. The van der Waals surface area contributed by atoms with Crippen molar-refractivity contribution < 1.29 is 4.42 Å². The van der Waals surface area contributed by atoms with Crippen LogP contribution in [0.15, 0.2) is 16.7 Å². The molecule has 0 saturated carbocycles. The Balaban J connectivity index is 0.000001000. The second-order valence-corrected chi connectivity index (χ2v) is 2.54. The molecule has 0 spiro atoms. The molecule has 2 heteroatoms. The maximum atomic E-state index is 5.71. The van der Waals surface area contributed by atoms with Gasteiger partial charge in [0.25, 0.3) is 0 Å². The van der Waals surface area contributed by atoms with Gasteiger partial charge in [-0.1, -0.05) is 14.4 Å². The highest BCUT2D eigenvalue weighted by Gasteiger charge is 2.05. The van der Waals surface area contributed by atoms with E-state index in [-0.39, 0.29) is 13.5 Å². The molecule has 1 rings (SSSR count). The van der Waals surface area contributed by atoms with Gasteiger partial charge in [0.05, 0.1) is 12.3 Å².